The van der Waals surface area contributed by atoms with E-state index in [2.05, 4.69) is 265 Å². The number of benzene rings is 12. The van der Waals surface area contributed by atoms with Crippen LogP contribution in [-0.2, 0) is 0 Å². The third-order valence-electron chi connectivity index (χ3n) is 14.0. The van der Waals surface area contributed by atoms with Crippen molar-refractivity contribution in [1.29, 1.82) is 0 Å². The van der Waals surface area contributed by atoms with Crippen LogP contribution in [0.3, 0.4) is 0 Å². The van der Waals surface area contributed by atoms with Gasteiger partial charge in [0.2, 0.25) is 0 Å². The molecule has 328 valence electrons. The molecule has 0 spiro atoms. The van der Waals surface area contributed by atoms with Crippen LogP contribution in [0.1, 0.15) is 0 Å². The maximum absolute atomic E-state index is 6.85. The first-order valence-electron chi connectivity index (χ1n) is 23.8. The van der Waals surface area contributed by atoms with Crippen molar-refractivity contribution >= 4 is 110 Å². The summed E-state index contributed by atoms with van der Waals surface area (Å²) in [5, 5.41) is 11.2. The van der Waals surface area contributed by atoms with E-state index in [0.29, 0.717) is 0 Å². The predicted octanol–water partition coefficient (Wildman–Crippen LogP) is 19.2. The zero-order valence-corrected chi connectivity index (χ0v) is 38.0. The number of anilines is 6. The largest absolute Gasteiger partial charge is 0.456 e. The number of hydrogen-bond acceptors (Lipinski definition) is 4. The molecule has 0 saturated heterocycles. The third-order valence-corrected chi connectivity index (χ3v) is 14.0. The molecule has 4 heteroatoms. The molecule has 2 heterocycles. The molecule has 0 N–H and O–H groups in total. The summed E-state index contributed by atoms with van der Waals surface area (Å²) in [4.78, 5) is 4.75. The summed E-state index contributed by atoms with van der Waals surface area (Å²) in [6, 6.07) is 91.0. The van der Waals surface area contributed by atoms with Gasteiger partial charge in [0.25, 0.3) is 0 Å². The molecule has 0 bridgehead atoms. The Kier molecular flexibility index (Phi) is 9.17. The number of rotatable bonds is 8. The van der Waals surface area contributed by atoms with E-state index < -0.39 is 0 Å². The number of fused-ring (bicyclic) bond motifs is 9. The molecule has 0 unspecified atom stereocenters. The maximum atomic E-state index is 6.85. The fourth-order valence-corrected chi connectivity index (χ4v) is 10.7. The average molecular weight is 895 g/mol. The van der Waals surface area contributed by atoms with Gasteiger partial charge in [-0.1, -0.05) is 170 Å². The molecule has 0 saturated carbocycles. The Morgan fingerprint density at radius 3 is 1.03 bits per heavy atom. The van der Waals surface area contributed by atoms with Gasteiger partial charge in [-0.2, -0.15) is 0 Å². The minimum atomic E-state index is 0.830. The van der Waals surface area contributed by atoms with Crippen LogP contribution >= 0.6 is 0 Å². The van der Waals surface area contributed by atoms with E-state index in [1.165, 1.54) is 21.5 Å². The first-order chi connectivity index (χ1) is 34.7. The molecule has 2 aromatic heterocycles. The van der Waals surface area contributed by atoms with Crippen molar-refractivity contribution in [2.75, 3.05) is 9.80 Å². The van der Waals surface area contributed by atoms with Crippen LogP contribution in [0.5, 0.6) is 0 Å². The summed E-state index contributed by atoms with van der Waals surface area (Å²) in [6.07, 6.45) is 0. The molecule has 14 rings (SSSR count). The maximum Gasteiger partial charge on any atom is 0.137 e. The summed E-state index contributed by atoms with van der Waals surface area (Å²) in [5.74, 6) is 0. The van der Waals surface area contributed by atoms with Crippen molar-refractivity contribution in [2.45, 2.75) is 0 Å². The van der Waals surface area contributed by atoms with E-state index in [1.807, 2.05) is 0 Å². The molecule has 0 fully saturated rings. The van der Waals surface area contributed by atoms with E-state index in [1.54, 1.807) is 0 Å². The van der Waals surface area contributed by atoms with Crippen molar-refractivity contribution in [2.24, 2.45) is 0 Å². The fourth-order valence-electron chi connectivity index (χ4n) is 10.7. The predicted molar refractivity (Wildman–Crippen MR) is 294 cm³/mol. The highest BCUT2D eigenvalue weighted by Gasteiger charge is 2.24. The third kappa shape index (κ3) is 6.53. The zero-order valence-electron chi connectivity index (χ0n) is 38.0. The van der Waals surface area contributed by atoms with Gasteiger partial charge in [-0.15, -0.1) is 0 Å². The highest BCUT2D eigenvalue weighted by Crippen LogP contribution is 2.49. The topological polar surface area (TPSA) is 32.8 Å². The Balaban J connectivity index is 0.900. The lowest BCUT2D eigenvalue weighted by atomic mass is 9.96. The molecule has 14 aromatic rings. The Hall–Kier alpha value is -9.38. The van der Waals surface area contributed by atoms with Crippen LogP contribution in [0, 0.1) is 0 Å². The van der Waals surface area contributed by atoms with Crippen LogP contribution in [0.2, 0.25) is 0 Å². The lowest BCUT2D eigenvalue weighted by molar-refractivity contribution is 0.668. The van der Waals surface area contributed by atoms with Gasteiger partial charge in [-0.25, -0.2) is 0 Å². The van der Waals surface area contributed by atoms with Crippen LogP contribution < -0.4 is 9.80 Å². The van der Waals surface area contributed by atoms with Crippen LogP contribution in [-0.4, -0.2) is 0 Å². The highest BCUT2D eigenvalue weighted by molar-refractivity contribution is 6.16. The van der Waals surface area contributed by atoms with E-state index in [4.69, 9.17) is 8.83 Å². The lowest BCUT2D eigenvalue weighted by Crippen LogP contribution is -2.11. The Morgan fingerprint density at radius 2 is 0.600 bits per heavy atom. The lowest BCUT2D eigenvalue weighted by Gasteiger charge is -2.29. The van der Waals surface area contributed by atoms with Gasteiger partial charge >= 0.3 is 0 Å². The normalized spacial score (nSPS) is 11.7. The van der Waals surface area contributed by atoms with Crippen molar-refractivity contribution in [1.82, 2.24) is 0 Å². The second kappa shape index (κ2) is 16.2. The van der Waals surface area contributed by atoms with Crippen LogP contribution in [0.25, 0.3) is 98.4 Å². The molecule has 4 nitrogen and oxygen atoms in total. The van der Waals surface area contributed by atoms with Gasteiger partial charge < -0.3 is 18.6 Å². The second-order valence-electron chi connectivity index (χ2n) is 18.0. The fraction of sp³-hybridized carbons (Fsp3) is 0. The molecule has 0 aliphatic rings. The van der Waals surface area contributed by atoms with Gasteiger partial charge in [-0.05, 0) is 105 Å². The first-order valence-corrected chi connectivity index (χ1v) is 23.8. The number of hydrogen-bond donors (Lipinski definition) is 0. The van der Waals surface area contributed by atoms with E-state index >= 15 is 0 Å². The van der Waals surface area contributed by atoms with Crippen LogP contribution in [0.4, 0.5) is 34.1 Å². The SMILES string of the molecule is c1ccc(-c2ccc3ccccc3c2N(c2ccccc2)c2ccc3c(c2)oc2cc4cc5c(cc4cc23)oc2cc(N(c3ccccc3)c3c(-c4ccccc4)ccc4ccccc34)ccc25)cc1. The number of furan rings is 2. The summed E-state index contributed by atoms with van der Waals surface area (Å²) in [7, 11) is 0. The first kappa shape index (κ1) is 39.8. The van der Waals surface area contributed by atoms with Gasteiger partial charge in [-0.3, -0.25) is 0 Å². The second-order valence-corrected chi connectivity index (χ2v) is 18.0. The molecule has 0 amide bonds. The van der Waals surface area contributed by atoms with Crippen molar-refractivity contribution in [3.8, 4) is 22.3 Å². The van der Waals surface area contributed by atoms with E-state index in [9.17, 15) is 0 Å². The minimum Gasteiger partial charge on any atom is -0.456 e. The number of nitrogens with zero attached hydrogens (tertiary/aromatic N) is 2. The monoisotopic (exact) mass is 894 g/mol. The van der Waals surface area contributed by atoms with E-state index in [0.717, 1.165) is 111 Å². The van der Waals surface area contributed by atoms with Gasteiger partial charge in [0, 0.05) is 78.3 Å². The van der Waals surface area contributed by atoms with E-state index in [-0.39, 0.29) is 0 Å². The minimum absolute atomic E-state index is 0.830. The van der Waals surface area contributed by atoms with Crippen molar-refractivity contribution in [3.05, 3.63) is 255 Å². The molecule has 0 atom stereocenters. The molecule has 0 aliphatic carbocycles. The standard InChI is InChI=1S/C66H42N2O2/c1-5-17-43(18-6-1)55-33-29-45-21-13-15-27-53(45)65(55)67(49-23-9-3-10-24-49)51-31-35-57-59-37-47-40-62-60(38-48(47)39-61(59)69-63(57)41-51)58-36-32-52(42-64(58)70-62)68(50-25-11-4-12-26-50)66-54-28-16-14-22-46(54)30-34-56(66)44-19-7-2-8-20-44/h1-42H. The van der Waals surface area contributed by atoms with Crippen molar-refractivity contribution < 1.29 is 8.83 Å². The number of para-hydroxylation sites is 2. The summed E-state index contributed by atoms with van der Waals surface area (Å²) in [5.41, 5.74) is 14.4. The van der Waals surface area contributed by atoms with Crippen LogP contribution in [0.15, 0.2) is 264 Å². The Morgan fingerprint density at radius 1 is 0.229 bits per heavy atom. The molecule has 0 aliphatic heterocycles. The van der Waals surface area contributed by atoms with Crippen molar-refractivity contribution in [3.63, 3.8) is 0 Å². The van der Waals surface area contributed by atoms with Gasteiger partial charge in [0.05, 0.1) is 11.4 Å². The smallest absolute Gasteiger partial charge is 0.137 e. The zero-order chi connectivity index (χ0) is 46.1. The molecule has 0 radical (unpaired) electrons. The molecule has 70 heavy (non-hydrogen) atoms. The Bertz CT molecular complexity index is 4010. The highest BCUT2D eigenvalue weighted by atomic mass is 16.3. The molecule has 12 aromatic carbocycles. The van der Waals surface area contributed by atoms with Gasteiger partial charge in [0.1, 0.15) is 22.3 Å². The summed E-state index contributed by atoms with van der Waals surface area (Å²) >= 11 is 0. The quantitative estimate of drug-likeness (QED) is 0.152. The summed E-state index contributed by atoms with van der Waals surface area (Å²) in [6.45, 7) is 0. The van der Waals surface area contributed by atoms with Gasteiger partial charge in [0.15, 0.2) is 0 Å². The average Bonchev–Trinajstić information content (AvgIpc) is 3.96. The summed E-state index contributed by atoms with van der Waals surface area (Å²) < 4.78 is 13.7. The molecular formula is C66H42N2O2. The Labute approximate surface area is 404 Å². The molecular weight excluding hydrogens is 853 g/mol.